The third kappa shape index (κ3) is 2.19. The van der Waals surface area contributed by atoms with Crippen LogP contribution in [0.5, 0.6) is 0 Å². The minimum atomic E-state index is -4.73. The fraction of sp³-hybridized carbons (Fsp3) is 0.200. The predicted octanol–water partition coefficient (Wildman–Crippen LogP) is 2.33. The van der Waals surface area contributed by atoms with E-state index >= 15 is 0 Å². The molecule has 100 valence electrons. The number of halogens is 4. The number of primary amides is 1. The van der Waals surface area contributed by atoms with Crippen molar-refractivity contribution in [1.29, 1.82) is 0 Å². The summed E-state index contributed by atoms with van der Waals surface area (Å²) in [4.78, 5) is 15.3. The van der Waals surface area contributed by atoms with E-state index in [4.69, 9.17) is 17.3 Å². The number of allylic oxidation sites excluding steroid dienone is 1. The molecule has 9 heteroatoms. The number of aromatic nitrogens is 1. The van der Waals surface area contributed by atoms with Crippen LogP contribution in [0.1, 0.15) is 5.69 Å². The van der Waals surface area contributed by atoms with Crippen molar-refractivity contribution in [3.8, 4) is 0 Å². The lowest BCUT2D eigenvalue weighted by atomic mass is 9.94. The standard InChI is InChI=1S/C10H6ClF3N4O/c11-5-2-1-3-16-7(5)9(8(15)19)4-6(17-18-9)10(12,13)14/h1-4H,(H2,15,19). The Kier molecular flexibility index (Phi) is 3.05. The van der Waals surface area contributed by atoms with E-state index in [9.17, 15) is 18.0 Å². The van der Waals surface area contributed by atoms with E-state index in [2.05, 4.69) is 15.2 Å². The molecule has 0 fully saturated rings. The van der Waals surface area contributed by atoms with Crippen LogP contribution in [0.4, 0.5) is 13.2 Å². The quantitative estimate of drug-likeness (QED) is 0.907. The largest absolute Gasteiger partial charge is 0.434 e. The number of nitrogens with zero attached hydrogens (tertiary/aromatic N) is 3. The molecule has 1 atom stereocenters. The Morgan fingerprint density at radius 2 is 2.11 bits per heavy atom. The number of hydrogen-bond acceptors (Lipinski definition) is 4. The lowest BCUT2D eigenvalue weighted by molar-refractivity contribution is -0.121. The van der Waals surface area contributed by atoms with Gasteiger partial charge in [0, 0.05) is 6.20 Å². The number of carbonyl (C=O) groups is 1. The van der Waals surface area contributed by atoms with Crippen LogP contribution in [0.15, 0.2) is 40.3 Å². The van der Waals surface area contributed by atoms with Crippen molar-refractivity contribution in [3.63, 3.8) is 0 Å². The molecule has 1 amide bonds. The van der Waals surface area contributed by atoms with Crippen LogP contribution < -0.4 is 5.73 Å². The van der Waals surface area contributed by atoms with E-state index in [-0.39, 0.29) is 10.7 Å². The number of nitrogens with two attached hydrogens (primary N) is 1. The number of amides is 1. The van der Waals surface area contributed by atoms with Crippen molar-refractivity contribution in [3.05, 3.63) is 40.8 Å². The normalized spacial score (nSPS) is 22.4. The van der Waals surface area contributed by atoms with Crippen molar-refractivity contribution in [2.45, 2.75) is 11.7 Å². The zero-order chi connectivity index (χ0) is 14.3. The Morgan fingerprint density at radius 3 is 2.58 bits per heavy atom. The number of azo groups is 1. The maximum Gasteiger partial charge on any atom is 0.434 e. The predicted molar refractivity (Wildman–Crippen MR) is 59.1 cm³/mol. The van der Waals surface area contributed by atoms with Gasteiger partial charge in [-0.2, -0.15) is 18.3 Å². The van der Waals surface area contributed by atoms with Crippen molar-refractivity contribution < 1.29 is 18.0 Å². The zero-order valence-corrected chi connectivity index (χ0v) is 9.90. The van der Waals surface area contributed by atoms with Gasteiger partial charge in [0.2, 0.25) is 5.54 Å². The molecule has 0 aromatic carbocycles. The summed E-state index contributed by atoms with van der Waals surface area (Å²) in [5.74, 6) is -1.14. The fourth-order valence-electron chi connectivity index (χ4n) is 1.55. The first-order valence-electron chi connectivity index (χ1n) is 4.91. The average molecular weight is 291 g/mol. The molecule has 1 aliphatic rings. The van der Waals surface area contributed by atoms with Crippen LogP contribution in [0.3, 0.4) is 0 Å². The molecule has 0 saturated heterocycles. The third-order valence-corrected chi connectivity index (χ3v) is 2.75. The van der Waals surface area contributed by atoms with Crippen LogP contribution in [-0.2, 0) is 10.3 Å². The van der Waals surface area contributed by atoms with Crippen molar-refractivity contribution >= 4 is 17.5 Å². The van der Waals surface area contributed by atoms with Gasteiger partial charge >= 0.3 is 6.18 Å². The van der Waals surface area contributed by atoms with E-state index in [0.717, 1.165) is 0 Å². The first kappa shape index (κ1) is 13.5. The van der Waals surface area contributed by atoms with Crippen LogP contribution >= 0.6 is 11.6 Å². The highest BCUT2D eigenvalue weighted by molar-refractivity contribution is 6.31. The van der Waals surface area contributed by atoms with E-state index in [1.165, 1.54) is 18.3 Å². The molecule has 0 saturated carbocycles. The van der Waals surface area contributed by atoms with Crippen LogP contribution in [0.25, 0.3) is 0 Å². The summed E-state index contributed by atoms with van der Waals surface area (Å²) in [7, 11) is 0. The molecule has 2 heterocycles. The van der Waals surface area contributed by atoms with Crippen LogP contribution in [0.2, 0.25) is 5.02 Å². The molecular weight excluding hydrogens is 285 g/mol. The second-order valence-electron chi connectivity index (χ2n) is 3.69. The second-order valence-corrected chi connectivity index (χ2v) is 4.10. The number of rotatable bonds is 2. The second kappa shape index (κ2) is 4.30. The highest BCUT2D eigenvalue weighted by Crippen LogP contribution is 2.41. The SMILES string of the molecule is NC(=O)C1(c2ncccc2Cl)C=C(C(F)(F)F)N=N1. The van der Waals surface area contributed by atoms with Gasteiger partial charge in [-0.3, -0.25) is 9.78 Å². The first-order valence-corrected chi connectivity index (χ1v) is 5.29. The van der Waals surface area contributed by atoms with Gasteiger partial charge in [0.15, 0.2) is 5.70 Å². The average Bonchev–Trinajstić information content (AvgIpc) is 2.75. The maximum atomic E-state index is 12.6. The fourth-order valence-corrected chi connectivity index (χ4v) is 1.81. The van der Waals surface area contributed by atoms with Crippen molar-refractivity contribution in [1.82, 2.24) is 4.98 Å². The van der Waals surface area contributed by atoms with Gasteiger partial charge in [-0.15, -0.1) is 5.11 Å². The van der Waals surface area contributed by atoms with Gasteiger partial charge in [-0.25, -0.2) is 0 Å². The molecular formula is C10H6ClF3N4O. The highest BCUT2D eigenvalue weighted by Gasteiger charge is 2.49. The third-order valence-electron chi connectivity index (χ3n) is 2.45. The number of alkyl halides is 3. The summed E-state index contributed by atoms with van der Waals surface area (Å²) < 4.78 is 37.7. The summed E-state index contributed by atoms with van der Waals surface area (Å²) in [5.41, 5.74) is 1.51. The molecule has 5 nitrogen and oxygen atoms in total. The molecule has 1 aromatic heterocycles. The molecule has 0 aliphatic carbocycles. The first-order chi connectivity index (χ1) is 8.77. The lowest BCUT2D eigenvalue weighted by Crippen LogP contribution is -2.38. The molecule has 0 bridgehead atoms. The summed E-state index contributed by atoms with van der Waals surface area (Å²) >= 11 is 5.82. The molecule has 0 radical (unpaired) electrons. The van der Waals surface area contributed by atoms with E-state index < -0.39 is 23.3 Å². The summed E-state index contributed by atoms with van der Waals surface area (Å²) in [5, 5.41) is 6.27. The molecule has 19 heavy (non-hydrogen) atoms. The van der Waals surface area contributed by atoms with Gasteiger partial charge in [0.25, 0.3) is 5.91 Å². The van der Waals surface area contributed by atoms with E-state index in [1.807, 2.05) is 0 Å². The molecule has 2 rings (SSSR count). The Hall–Kier alpha value is -1.96. The Bertz CT molecular complexity index is 599. The van der Waals surface area contributed by atoms with Gasteiger partial charge < -0.3 is 5.73 Å². The topological polar surface area (TPSA) is 80.7 Å². The Balaban J connectivity index is 2.62. The minimum absolute atomic E-state index is 0.0278. The number of hydrogen-bond donors (Lipinski definition) is 1. The lowest BCUT2D eigenvalue weighted by Gasteiger charge is -2.18. The summed E-state index contributed by atoms with van der Waals surface area (Å²) in [6.07, 6.45) is -2.95. The Labute approximate surface area is 110 Å². The van der Waals surface area contributed by atoms with Gasteiger partial charge in [-0.05, 0) is 18.2 Å². The van der Waals surface area contributed by atoms with Crippen molar-refractivity contribution in [2.24, 2.45) is 16.0 Å². The van der Waals surface area contributed by atoms with E-state index in [1.54, 1.807) is 0 Å². The molecule has 0 spiro atoms. The number of pyridine rings is 1. The zero-order valence-electron chi connectivity index (χ0n) is 9.15. The summed E-state index contributed by atoms with van der Waals surface area (Å²) in [6.45, 7) is 0. The monoisotopic (exact) mass is 290 g/mol. The minimum Gasteiger partial charge on any atom is -0.367 e. The van der Waals surface area contributed by atoms with Gasteiger partial charge in [0.1, 0.15) is 5.69 Å². The molecule has 1 unspecified atom stereocenters. The van der Waals surface area contributed by atoms with Crippen LogP contribution in [0, 0.1) is 0 Å². The van der Waals surface area contributed by atoms with E-state index in [0.29, 0.717) is 6.08 Å². The van der Waals surface area contributed by atoms with Crippen LogP contribution in [-0.4, -0.2) is 17.1 Å². The smallest absolute Gasteiger partial charge is 0.367 e. The number of carbonyl (C=O) groups excluding carboxylic acids is 1. The van der Waals surface area contributed by atoms with Crippen molar-refractivity contribution in [2.75, 3.05) is 0 Å². The molecule has 1 aliphatic heterocycles. The van der Waals surface area contributed by atoms with Gasteiger partial charge in [-0.1, -0.05) is 11.6 Å². The Morgan fingerprint density at radius 1 is 1.42 bits per heavy atom. The van der Waals surface area contributed by atoms with Gasteiger partial charge in [0.05, 0.1) is 5.02 Å². The maximum absolute atomic E-state index is 12.6. The molecule has 2 N–H and O–H groups in total. The molecule has 1 aromatic rings. The highest BCUT2D eigenvalue weighted by atomic mass is 35.5. The summed E-state index contributed by atoms with van der Waals surface area (Å²) in [6, 6.07) is 2.82.